The Bertz CT molecular complexity index is 820. The van der Waals surface area contributed by atoms with Crippen LogP contribution in [-0.4, -0.2) is 17.1 Å². The van der Waals surface area contributed by atoms with Crippen LogP contribution in [0.3, 0.4) is 0 Å². The second-order valence-corrected chi connectivity index (χ2v) is 4.75. The Morgan fingerprint density at radius 1 is 1.26 bits per heavy atom. The van der Waals surface area contributed by atoms with Crippen molar-refractivity contribution in [3.8, 4) is 23.3 Å². The molecule has 6 nitrogen and oxygen atoms in total. The summed E-state index contributed by atoms with van der Waals surface area (Å²) in [6, 6.07) is 13.1. The summed E-state index contributed by atoms with van der Waals surface area (Å²) in [5.41, 5.74) is 1.98. The first kappa shape index (κ1) is 14.6. The maximum atomic E-state index is 9.21. The van der Waals surface area contributed by atoms with Gasteiger partial charge < -0.3 is 14.5 Å². The number of pyridine rings is 1. The van der Waals surface area contributed by atoms with Gasteiger partial charge in [0.15, 0.2) is 0 Å². The number of rotatable bonds is 5. The Kier molecular flexibility index (Phi) is 4.20. The number of anilines is 1. The Morgan fingerprint density at radius 2 is 2.09 bits per heavy atom. The highest BCUT2D eigenvalue weighted by atomic mass is 16.5. The van der Waals surface area contributed by atoms with Gasteiger partial charge in [-0.1, -0.05) is 6.07 Å². The number of nitrogens with zero attached hydrogens (tertiary/aromatic N) is 3. The summed E-state index contributed by atoms with van der Waals surface area (Å²) in [7, 11) is 1.61. The molecule has 0 fully saturated rings. The maximum absolute atomic E-state index is 9.21. The smallest absolute Gasteiger partial charge is 0.232 e. The van der Waals surface area contributed by atoms with Crippen molar-refractivity contribution in [3.63, 3.8) is 0 Å². The van der Waals surface area contributed by atoms with Crippen LogP contribution in [0.25, 0.3) is 11.5 Å². The fraction of sp³-hybridized carbons (Fsp3) is 0.118. The topological polar surface area (TPSA) is 84.0 Å². The molecule has 0 aliphatic carbocycles. The maximum Gasteiger partial charge on any atom is 0.232 e. The van der Waals surface area contributed by atoms with Crippen LogP contribution in [0.1, 0.15) is 11.3 Å². The van der Waals surface area contributed by atoms with Gasteiger partial charge in [0.25, 0.3) is 0 Å². The number of aromatic nitrogens is 2. The van der Waals surface area contributed by atoms with E-state index in [1.54, 1.807) is 19.5 Å². The first-order chi connectivity index (χ1) is 11.3. The third kappa shape index (κ3) is 3.30. The summed E-state index contributed by atoms with van der Waals surface area (Å²) >= 11 is 0. The van der Waals surface area contributed by atoms with E-state index in [4.69, 9.17) is 9.15 Å². The number of ether oxygens (including phenoxy) is 1. The standard InChI is InChI=1S/C17H14N4O2/c1-22-14-6-4-13(5-7-14)16-21-15(9-18)17(23-16)20-11-12-3-2-8-19-10-12/h2-8,10,20H,11H2,1H3. The van der Waals surface area contributed by atoms with Crippen LogP contribution in [0.5, 0.6) is 5.75 Å². The van der Waals surface area contributed by atoms with E-state index in [9.17, 15) is 5.26 Å². The normalized spacial score (nSPS) is 10.1. The molecule has 114 valence electrons. The van der Waals surface area contributed by atoms with E-state index >= 15 is 0 Å². The van der Waals surface area contributed by atoms with E-state index in [-0.39, 0.29) is 5.69 Å². The zero-order valence-electron chi connectivity index (χ0n) is 12.5. The van der Waals surface area contributed by atoms with Gasteiger partial charge in [-0.3, -0.25) is 4.98 Å². The van der Waals surface area contributed by atoms with Gasteiger partial charge in [-0.15, -0.1) is 0 Å². The Morgan fingerprint density at radius 3 is 2.74 bits per heavy atom. The molecule has 3 rings (SSSR count). The van der Waals surface area contributed by atoms with Gasteiger partial charge >= 0.3 is 0 Å². The predicted molar refractivity (Wildman–Crippen MR) is 84.8 cm³/mol. The lowest BCUT2D eigenvalue weighted by molar-refractivity contribution is 0.415. The molecule has 0 aliphatic heterocycles. The van der Waals surface area contributed by atoms with E-state index in [0.29, 0.717) is 18.3 Å². The molecular weight excluding hydrogens is 292 g/mol. The Balaban J connectivity index is 1.81. The molecule has 23 heavy (non-hydrogen) atoms. The Hall–Kier alpha value is -3.33. The van der Waals surface area contributed by atoms with Gasteiger partial charge in [0.05, 0.1) is 7.11 Å². The lowest BCUT2D eigenvalue weighted by Crippen LogP contribution is -1.99. The minimum atomic E-state index is 0.222. The van der Waals surface area contributed by atoms with E-state index in [1.807, 2.05) is 42.5 Å². The molecule has 0 spiro atoms. The van der Waals surface area contributed by atoms with E-state index < -0.39 is 0 Å². The van der Waals surface area contributed by atoms with Crippen molar-refractivity contribution in [1.82, 2.24) is 9.97 Å². The minimum Gasteiger partial charge on any atom is -0.497 e. The molecule has 0 saturated heterocycles. The highest BCUT2D eigenvalue weighted by molar-refractivity contribution is 5.59. The molecule has 0 radical (unpaired) electrons. The van der Waals surface area contributed by atoms with Crippen molar-refractivity contribution >= 4 is 5.88 Å². The van der Waals surface area contributed by atoms with Crippen LogP contribution in [-0.2, 0) is 6.54 Å². The molecule has 0 atom stereocenters. The van der Waals surface area contributed by atoms with Gasteiger partial charge in [0.1, 0.15) is 11.8 Å². The quantitative estimate of drug-likeness (QED) is 0.779. The SMILES string of the molecule is COc1ccc(-c2nc(C#N)c(NCc3cccnc3)o2)cc1. The monoisotopic (exact) mass is 306 g/mol. The van der Waals surface area contributed by atoms with Crippen molar-refractivity contribution < 1.29 is 9.15 Å². The second kappa shape index (κ2) is 6.62. The second-order valence-electron chi connectivity index (χ2n) is 4.75. The average Bonchev–Trinajstić information content (AvgIpc) is 3.04. The van der Waals surface area contributed by atoms with Crippen LogP contribution in [0.4, 0.5) is 5.88 Å². The number of hydrogen-bond donors (Lipinski definition) is 1. The van der Waals surface area contributed by atoms with Gasteiger partial charge in [0, 0.05) is 24.5 Å². The molecule has 0 aliphatic rings. The van der Waals surface area contributed by atoms with Gasteiger partial charge in [-0.05, 0) is 35.9 Å². The van der Waals surface area contributed by atoms with Crippen molar-refractivity contribution in [2.45, 2.75) is 6.54 Å². The molecule has 0 unspecified atom stereocenters. The number of methoxy groups -OCH3 is 1. The van der Waals surface area contributed by atoms with Crippen LogP contribution >= 0.6 is 0 Å². The molecule has 0 saturated carbocycles. The molecular formula is C17H14N4O2. The van der Waals surface area contributed by atoms with Crippen molar-refractivity contribution in [2.24, 2.45) is 0 Å². The van der Waals surface area contributed by atoms with E-state index in [1.165, 1.54) is 0 Å². The average molecular weight is 306 g/mol. The molecule has 0 bridgehead atoms. The van der Waals surface area contributed by atoms with Gasteiger partial charge in [-0.2, -0.15) is 10.2 Å². The first-order valence-electron chi connectivity index (χ1n) is 6.98. The highest BCUT2D eigenvalue weighted by Gasteiger charge is 2.14. The lowest BCUT2D eigenvalue weighted by atomic mass is 10.2. The van der Waals surface area contributed by atoms with E-state index in [0.717, 1.165) is 16.9 Å². The fourth-order valence-corrected chi connectivity index (χ4v) is 2.06. The largest absolute Gasteiger partial charge is 0.497 e. The predicted octanol–water partition coefficient (Wildman–Crippen LogP) is 3.23. The molecule has 2 aromatic heterocycles. The minimum absolute atomic E-state index is 0.222. The van der Waals surface area contributed by atoms with Crippen LogP contribution in [0, 0.1) is 11.3 Å². The third-order valence-electron chi connectivity index (χ3n) is 3.25. The van der Waals surface area contributed by atoms with Crippen LogP contribution in [0.2, 0.25) is 0 Å². The van der Waals surface area contributed by atoms with Crippen LogP contribution < -0.4 is 10.1 Å². The highest BCUT2D eigenvalue weighted by Crippen LogP contribution is 2.27. The zero-order chi connectivity index (χ0) is 16.1. The summed E-state index contributed by atoms with van der Waals surface area (Å²) in [6.45, 7) is 0.500. The van der Waals surface area contributed by atoms with Crippen molar-refractivity contribution in [3.05, 3.63) is 60.0 Å². The van der Waals surface area contributed by atoms with Crippen molar-refractivity contribution in [1.29, 1.82) is 5.26 Å². The summed E-state index contributed by atoms with van der Waals surface area (Å²) in [5.74, 6) is 1.48. The first-order valence-corrected chi connectivity index (χ1v) is 6.98. The lowest BCUT2D eigenvalue weighted by Gasteiger charge is -2.02. The summed E-state index contributed by atoms with van der Waals surface area (Å²) < 4.78 is 10.8. The number of oxazole rings is 1. The molecule has 0 amide bonds. The Labute approximate surface area is 133 Å². The molecule has 1 aromatic carbocycles. The molecule has 6 heteroatoms. The fourth-order valence-electron chi connectivity index (χ4n) is 2.06. The number of nitriles is 1. The number of hydrogen-bond acceptors (Lipinski definition) is 6. The summed E-state index contributed by atoms with van der Waals surface area (Å²) in [5, 5.41) is 12.3. The summed E-state index contributed by atoms with van der Waals surface area (Å²) in [4.78, 5) is 8.27. The molecule has 1 N–H and O–H groups in total. The molecule has 2 heterocycles. The zero-order valence-corrected chi connectivity index (χ0v) is 12.5. The van der Waals surface area contributed by atoms with Crippen LogP contribution in [0.15, 0.2) is 53.2 Å². The third-order valence-corrected chi connectivity index (χ3v) is 3.25. The summed E-state index contributed by atoms with van der Waals surface area (Å²) in [6.07, 6.45) is 3.46. The molecule has 3 aromatic rings. The van der Waals surface area contributed by atoms with Gasteiger partial charge in [0.2, 0.25) is 17.5 Å². The number of benzene rings is 1. The van der Waals surface area contributed by atoms with Crippen molar-refractivity contribution in [2.75, 3.05) is 12.4 Å². The number of nitrogens with one attached hydrogen (secondary N) is 1. The van der Waals surface area contributed by atoms with Gasteiger partial charge in [-0.25, -0.2) is 0 Å². The van der Waals surface area contributed by atoms with E-state index in [2.05, 4.69) is 15.3 Å².